The van der Waals surface area contributed by atoms with E-state index in [1.807, 2.05) is 6.92 Å². The first kappa shape index (κ1) is 12.9. The van der Waals surface area contributed by atoms with E-state index >= 15 is 0 Å². The SMILES string of the molecule is Cc1cn(N=Cc2c(O)ccc(Cl)c2Br)c(N)n1. The number of imidazole rings is 1. The van der Waals surface area contributed by atoms with Gasteiger partial charge in [-0.15, -0.1) is 0 Å². The zero-order valence-corrected chi connectivity index (χ0v) is 11.8. The summed E-state index contributed by atoms with van der Waals surface area (Å²) in [6, 6.07) is 3.09. The highest BCUT2D eigenvalue weighted by molar-refractivity contribution is 9.10. The third kappa shape index (κ3) is 2.49. The van der Waals surface area contributed by atoms with Crippen molar-refractivity contribution >= 4 is 39.7 Å². The lowest BCUT2D eigenvalue weighted by Gasteiger charge is -2.03. The molecule has 5 nitrogen and oxygen atoms in total. The monoisotopic (exact) mass is 328 g/mol. The second-order valence-corrected chi connectivity index (χ2v) is 4.82. The smallest absolute Gasteiger partial charge is 0.221 e. The average Bonchev–Trinajstić information content (AvgIpc) is 2.63. The summed E-state index contributed by atoms with van der Waals surface area (Å²) in [4.78, 5) is 4.01. The molecule has 0 unspecified atom stereocenters. The summed E-state index contributed by atoms with van der Waals surface area (Å²) in [7, 11) is 0. The minimum Gasteiger partial charge on any atom is -0.507 e. The normalized spacial score (nSPS) is 11.3. The number of halogens is 2. The van der Waals surface area contributed by atoms with Crippen molar-refractivity contribution in [3.8, 4) is 5.75 Å². The van der Waals surface area contributed by atoms with Crippen molar-refractivity contribution in [2.24, 2.45) is 5.10 Å². The number of phenols is 1. The third-order valence-electron chi connectivity index (χ3n) is 2.26. The van der Waals surface area contributed by atoms with E-state index in [2.05, 4.69) is 26.0 Å². The molecule has 0 aliphatic heterocycles. The Morgan fingerprint density at radius 3 is 2.89 bits per heavy atom. The van der Waals surface area contributed by atoms with Crippen LogP contribution in [0.15, 0.2) is 27.9 Å². The molecule has 0 aliphatic rings. The maximum absolute atomic E-state index is 9.73. The minimum atomic E-state index is 0.0745. The number of phenolic OH excluding ortho intramolecular Hbond substituents is 1. The molecule has 3 N–H and O–H groups in total. The van der Waals surface area contributed by atoms with Gasteiger partial charge in [0.1, 0.15) is 5.75 Å². The average molecular weight is 330 g/mol. The molecule has 2 aromatic rings. The van der Waals surface area contributed by atoms with E-state index in [4.69, 9.17) is 17.3 Å². The molecule has 0 amide bonds. The quantitative estimate of drug-likeness (QED) is 0.832. The van der Waals surface area contributed by atoms with Gasteiger partial charge in [0.05, 0.1) is 28.7 Å². The van der Waals surface area contributed by atoms with E-state index in [0.717, 1.165) is 5.69 Å². The maximum atomic E-state index is 9.73. The van der Waals surface area contributed by atoms with Crippen molar-refractivity contribution in [2.45, 2.75) is 6.92 Å². The fraction of sp³-hybridized carbons (Fsp3) is 0.0909. The van der Waals surface area contributed by atoms with Gasteiger partial charge in [-0.1, -0.05) is 11.6 Å². The van der Waals surface area contributed by atoms with Gasteiger partial charge in [0, 0.05) is 4.47 Å². The van der Waals surface area contributed by atoms with Crippen LogP contribution in [0, 0.1) is 6.92 Å². The van der Waals surface area contributed by atoms with Crippen molar-refractivity contribution in [2.75, 3.05) is 5.73 Å². The van der Waals surface area contributed by atoms with Crippen LogP contribution in [-0.4, -0.2) is 21.0 Å². The van der Waals surface area contributed by atoms with E-state index in [1.54, 1.807) is 12.3 Å². The summed E-state index contributed by atoms with van der Waals surface area (Å²) in [5.41, 5.74) is 6.89. The summed E-state index contributed by atoms with van der Waals surface area (Å²) in [6.07, 6.45) is 3.14. The highest BCUT2D eigenvalue weighted by Crippen LogP contribution is 2.31. The molecule has 0 saturated heterocycles. The molecule has 2 rings (SSSR count). The van der Waals surface area contributed by atoms with Crippen LogP contribution in [0.4, 0.5) is 5.95 Å². The zero-order valence-electron chi connectivity index (χ0n) is 9.43. The number of rotatable bonds is 2. The van der Waals surface area contributed by atoms with Crippen molar-refractivity contribution in [1.29, 1.82) is 0 Å². The highest BCUT2D eigenvalue weighted by Gasteiger charge is 2.08. The molecule has 0 aliphatic carbocycles. The molecule has 1 aromatic carbocycles. The van der Waals surface area contributed by atoms with E-state index in [0.29, 0.717) is 15.1 Å². The van der Waals surface area contributed by atoms with Crippen LogP contribution in [-0.2, 0) is 0 Å². The largest absolute Gasteiger partial charge is 0.507 e. The number of aryl methyl sites for hydroxylation is 1. The molecule has 7 heteroatoms. The molecular formula is C11H10BrClN4O. The lowest BCUT2D eigenvalue weighted by atomic mass is 10.2. The van der Waals surface area contributed by atoms with Crippen LogP contribution in [0.5, 0.6) is 5.75 Å². The Hall–Kier alpha value is -1.53. The second-order valence-electron chi connectivity index (χ2n) is 3.62. The predicted octanol–water partition coefficient (Wildman–Crippen LogP) is 2.78. The van der Waals surface area contributed by atoms with Gasteiger partial charge >= 0.3 is 0 Å². The van der Waals surface area contributed by atoms with Crippen LogP contribution in [0.25, 0.3) is 0 Å². The molecule has 0 saturated carbocycles. The number of aromatic nitrogens is 2. The fourth-order valence-corrected chi connectivity index (χ4v) is 2.00. The molecule has 0 fully saturated rings. The molecule has 0 bridgehead atoms. The maximum Gasteiger partial charge on any atom is 0.221 e. The Labute approximate surface area is 117 Å². The van der Waals surface area contributed by atoms with Crippen LogP contribution >= 0.6 is 27.5 Å². The summed E-state index contributed by atoms with van der Waals surface area (Å²) in [6.45, 7) is 1.81. The minimum absolute atomic E-state index is 0.0745. The van der Waals surface area contributed by atoms with Gasteiger partial charge in [-0.2, -0.15) is 5.10 Å². The fourth-order valence-electron chi connectivity index (χ4n) is 1.40. The molecule has 0 radical (unpaired) electrons. The van der Waals surface area contributed by atoms with Crippen molar-refractivity contribution in [1.82, 2.24) is 9.66 Å². The molecule has 1 heterocycles. The van der Waals surface area contributed by atoms with E-state index in [9.17, 15) is 5.11 Å². The highest BCUT2D eigenvalue weighted by atomic mass is 79.9. The van der Waals surface area contributed by atoms with Gasteiger partial charge in [-0.05, 0) is 35.0 Å². The first-order valence-electron chi connectivity index (χ1n) is 5.02. The summed E-state index contributed by atoms with van der Waals surface area (Å²) >= 11 is 9.23. The number of hydrogen-bond acceptors (Lipinski definition) is 4. The third-order valence-corrected chi connectivity index (χ3v) is 3.65. The van der Waals surface area contributed by atoms with Crippen LogP contribution in [0.3, 0.4) is 0 Å². The van der Waals surface area contributed by atoms with Gasteiger partial charge in [0.15, 0.2) is 0 Å². The molecular weight excluding hydrogens is 320 g/mol. The van der Waals surface area contributed by atoms with E-state index in [-0.39, 0.29) is 11.7 Å². The Bertz CT molecular complexity index is 624. The Morgan fingerprint density at radius 2 is 2.28 bits per heavy atom. The zero-order chi connectivity index (χ0) is 13.3. The number of anilines is 1. The first-order valence-corrected chi connectivity index (χ1v) is 6.19. The van der Waals surface area contributed by atoms with Crippen molar-refractivity contribution < 1.29 is 5.11 Å². The number of nitrogens with two attached hydrogens (primary N) is 1. The number of benzene rings is 1. The predicted molar refractivity (Wildman–Crippen MR) is 75.2 cm³/mol. The number of hydrogen-bond donors (Lipinski definition) is 2. The van der Waals surface area contributed by atoms with Gasteiger partial charge in [-0.3, -0.25) is 0 Å². The van der Waals surface area contributed by atoms with Gasteiger partial charge < -0.3 is 10.8 Å². The Kier molecular flexibility index (Phi) is 3.58. The topological polar surface area (TPSA) is 76.4 Å². The summed E-state index contributed by atoms with van der Waals surface area (Å²) in [5.74, 6) is 0.354. The molecule has 0 atom stereocenters. The van der Waals surface area contributed by atoms with Gasteiger partial charge in [-0.25, -0.2) is 9.66 Å². The van der Waals surface area contributed by atoms with E-state index < -0.39 is 0 Å². The van der Waals surface area contributed by atoms with Gasteiger partial charge in [0.25, 0.3) is 0 Å². The van der Waals surface area contributed by atoms with Crippen molar-refractivity contribution in [3.63, 3.8) is 0 Å². The van der Waals surface area contributed by atoms with Crippen LogP contribution < -0.4 is 5.73 Å². The lowest BCUT2D eigenvalue weighted by Crippen LogP contribution is -1.97. The Balaban J connectivity index is 2.40. The molecule has 94 valence electrons. The van der Waals surface area contributed by atoms with Gasteiger partial charge in [0.2, 0.25) is 5.95 Å². The first-order chi connectivity index (χ1) is 8.49. The molecule has 1 aromatic heterocycles. The summed E-state index contributed by atoms with van der Waals surface area (Å²) in [5, 5.41) is 14.3. The molecule has 18 heavy (non-hydrogen) atoms. The van der Waals surface area contributed by atoms with Crippen LogP contribution in [0.1, 0.15) is 11.3 Å². The number of nitrogen functional groups attached to an aromatic ring is 1. The summed E-state index contributed by atoms with van der Waals surface area (Å²) < 4.78 is 1.99. The van der Waals surface area contributed by atoms with E-state index in [1.165, 1.54) is 17.0 Å². The lowest BCUT2D eigenvalue weighted by molar-refractivity contribution is 0.474. The number of nitrogens with zero attached hydrogens (tertiary/aromatic N) is 3. The standard InChI is InChI=1S/C11H10BrClN4O/c1-6-5-17(11(14)16-6)15-4-7-9(18)3-2-8(13)10(7)12/h2-5,18H,1H3,(H2,14,16). The number of aromatic hydroxyl groups is 1. The van der Waals surface area contributed by atoms with Crippen LogP contribution in [0.2, 0.25) is 5.02 Å². The second kappa shape index (κ2) is 4.99. The van der Waals surface area contributed by atoms with Crippen molar-refractivity contribution in [3.05, 3.63) is 39.1 Å². The molecule has 0 spiro atoms. The Morgan fingerprint density at radius 1 is 1.56 bits per heavy atom.